The Kier molecular flexibility index (Phi) is 3.96. The lowest BCUT2D eigenvalue weighted by Crippen LogP contribution is -1.91. The largest absolute Gasteiger partial charge is 0.394 e. The summed E-state index contributed by atoms with van der Waals surface area (Å²) in [5.41, 5.74) is 2.53. The Morgan fingerprint density at radius 2 is 1.80 bits per heavy atom. The van der Waals surface area contributed by atoms with E-state index >= 15 is 0 Å². The molecule has 0 atom stereocenters. The van der Waals surface area contributed by atoms with Gasteiger partial charge in [0.1, 0.15) is 0 Å². The van der Waals surface area contributed by atoms with Gasteiger partial charge in [-0.1, -0.05) is 18.2 Å². The summed E-state index contributed by atoms with van der Waals surface area (Å²) >= 11 is 0. The molecule has 82 valence electrons. The fourth-order valence-corrected chi connectivity index (χ4v) is 1.23. The van der Waals surface area contributed by atoms with Crippen molar-refractivity contribution < 1.29 is 17.5 Å². The molecule has 0 bridgehead atoms. The third-order valence-electron chi connectivity index (χ3n) is 1.76. The molecule has 6 heteroatoms. The molecule has 2 rings (SSSR count). The second-order valence-corrected chi connectivity index (χ2v) is 3.82. The zero-order chi connectivity index (χ0) is 11.3. The number of hydrogen-bond acceptors (Lipinski definition) is 3. The van der Waals surface area contributed by atoms with Gasteiger partial charge in [0, 0.05) is 6.21 Å². The highest BCUT2D eigenvalue weighted by atomic mass is 32.3. The predicted molar refractivity (Wildman–Crippen MR) is 57.1 cm³/mol. The standard InChI is InChI=1S/C9H9N.H2O4S/c1-2-6-9-8(4-1)5-3-7-10-9;1-5(2,3)4/h1-2,4,6-7H,3,5H2;(H2,1,2,3,4). The van der Waals surface area contributed by atoms with Crippen LogP contribution in [0.5, 0.6) is 0 Å². The Bertz CT molecular complexity index is 445. The van der Waals surface area contributed by atoms with Gasteiger partial charge in [-0.2, -0.15) is 8.42 Å². The van der Waals surface area contributed by atoms with Gasteiger partial charge >= 0.3 is 10.4 Å². The summed E-state index contributed by atoms with van der Waals surface area (Å²) in [6.45, 7) is 0. The number of aryl methyl sites for hydroxylation is 1. The highest BCUT2D eigenvalue weighted by molar-refractivity contribution is 7.79. The summed E-state index contributed by atoms with van der Waals surface area (Å²) in [6, 6.07) is 8.30. The number of hydrogen-bond donors (Lipinski definition) is 2. The minimum Gasteiger partial charge on any atom is -0.264 e. The van der Waals surface area contributed by atoms with Crippen LogP contribution in [0.3, 0.4) is 0 Å². The first-order chi connectivity index (χ1) is 6.97. The molecule has 0 radical (unpaired) electrons. The van der Waals surface area contributed by atoms with Crippen LogP contribution in [0.1, 0.15) is 12.0 Å². The third-order valence-corrected chi connectivity index (χ3v) is 1.76. The smallest absolute Gasteiger partial charge is 0.264 e. The molecule has 1 aliphatic heterocycles. The maximum atomic E-state index is 8.74. The van der Waals surface area contributed by atoms with Crippen molar-refractivity contribution in [3.63, 3.8) is 0 Å². The maximum Gasteiger partial charge on any atom is 0.394 e. The van der Waals surface area contributed by atoms with E-state index in [1.165, 1.54) is 5.56 Å². The fraction of sp³-hybridized carbons (Fsp3) is 0.222. The van der Waals surface area contributed by atoms with Crippen LogP contribution >= 0.6 is 0 Å². The minimum absolute atomic E-state index is 1.09. The molecule has 1 aromatic carbocycles. The number of aliphatic imine (C=N–C) groups is 1. The second kappa shape index (κ2) is 5.01. The summed E-state index contributed by atoms with van der Waals surface area (Å²) in [4.78, 5) is 4.27. The molecule has 0 unspecified atom stereocenters. The number of para-hydroxylation sites is 1. The van der Waals surface area contributed by atoms with Crippen molar-refractivity contribution in [3.05, 3.63) is 29.8 Å². The molecule has 1 heterocycles. The molecule has 0 spiro atoms. The van der Waals surface area contributed by atoms with Crippen molar-refractivity contribution in [3.8, 4) is 0 Å². The SMILES string of the molecule is C1=Nc2ccccc2CC1.O=S(=O)(O)O. The molecule has 1 aliphatic rings. The number of nitrogens with zero attached hydrogens (tertiary/aromatic N) is 1. The molecule has 0 saturated carbocycles. The minimum atomic E-state index is -4.67. The molecular weight excluding hydrogens is 218 g/mol. The normalized spacial score (nSPS) is 13.7. The average molecular weight is 229 g/mol. The van der Waals surface area contributed by atoms with Gasteiger partial charge < -0.3 is 0 Å². The topological polar surface area (TPSA) is 87.0 Å². The van der Waals surface area contributed by atoms with E-state index in [4.69, 9.17) is 17.5 Å². The molecule has 1 aromatic rings. The van der Waals surface area contributed by atoms with E-state index in [-0.39, 0.29) is 0 Å². The Labute approximate surface area is 88.1 Å². The first kappa shape index (κ1) is 11.8. The molecule has 2 N–H and O–H groups in total. The van der Waals surface area contributed by atoms with E-state index in [2.05, 4.69) is 23.2 Å². The zero-order valence-corrected chi connectivity index (χ0v) is 8.68. The monoisotopic (exact) mass is 229 g/mol. The quantitative estimate of drug-likeness (QED) is 0.662. The lowest BCUT2D eigenvalue weighted by Gasteiger charge is -2.07. The Hall–Kier alpha value is -1.24. The van der Waals surface area contributed by atoms with Crippen LogP contribution in [0.2, 0.25) is 0 Å². The van der Waals surface area contributed by atoms with Crippen molar-refractivity contribution in [1.82, 2.24) is 0 Å². The first-order valence-electron chi connectivity index (χ1n) is 4.27. The van der Waals surface area contributed by atoms with Gasteiger partial charge in [0.15, 0.2) is 0 Å². The van der Waals surface area contributed by atoms with E-state index in [0.717, 1.165) is 18.5 Å². The van der Waals surface area contributed by atoms with Crippen molar-refractivity contribution in [1.29, 1.82) is 0 Å². The molecular formula is C9H11NO4S. The predicted octanol–water partition coefficient (Wildman–Crippen LogP) is 1.68. The summed E-state index contributed by atoms with van der Waals surface area (Å²) in [7, 11) is -4.67. The molecule has 0 aromatic heterocycles. The summed E-state index contributed by atoms with van der Waals surface area (Å²) in [5.74, 6) is 0. The summed E-state index contributed by atoms with van der Waals surface area (Å²) in [6.07, 6.45) is 4.24. The van der Waals surface area contributed by atoms with Crippen LogP contribution in [0.15, 0.2) is 29.3 Å². The third kappa shape index (κ3) is 5.26. The van der Waals surface area contributed by atoms with Gasteiger partial charge in [0.2, 0.25) is 0 Å². The zero-order valence-electron chi connectivity index (χ0n) is 7.87. The molecule has 0 fully saturated rings. The number of fused-ring (bicyclic) bond motifs is 1. The highest BCUT2D eigenvalue weighted by Crippen LogP contribution is 2.22. The highest BCUT2D eigenvalue weighted by Gasteiger charge is 2.01. The number of benzene rings is 1. The van der Waals surface area contributed by atoms with Gasteiger partial charge in [-0.05, 0) is 24.5 Å². The van der Waals surface area contributed by atoms with E-state index in [1.807, 2.05) is 12.3 Å². The molecule has 0 amide bonds. The van der Waals surface area contributed by atoms with Crippen molar-refractivity contribution in [2.45, 2.75) is 12.8 Å². The Balaban J connectivity index is 0.000000195. The molecule has 0 saturated heterocycles. The Morgan fingerprint density at radius 1 is 1.20 bits per heavy atom. The summed E-state index contributed by atoms with van der Waals surface area (Å²) in [5, 5.41) is 0. The van der Waals surface area contributed by atoms with Gasteiger partial charge in [0.25, 0.3) is 0 Å². The van der Waals surface area contributed by atoms with Crippen LogP contribution < -0.4 is 0 Å². The van der Waals surface area contributed by atoms with Crippen LogP contribution in [-0.2, 0) is 16.8 Å². The van der Waals surface area contributed by atoms with Crippen LogP contribution in [0.4, 0.5) is 5.69 Å². The fourth-order valence-electron chi connectivity index (χ4n) is 1.23. The lowest BCUT2D eigenvalue weighted by atomic mass is 10.1. The molecule has 15 heavy (non-hydrogen) atoms. The van der Waals surface area contributed by atoms with Gasteiger partial charge in [-0.3, -0.25) is 14.1 Å². The van der Waals surface area contributed by atoms with Crippen LogP contribution in [-0.4, -0.2) is 23.7 Å². The van der Waals surface area contributed by atoms with Crippen molar-refractivity contribution in [2.75, 3.05) is 0 Å². The van der Waals surface area contributed by atoms with Crippen LogP contribution in [0.25, 0.3) is 0 Å². The van der Waals surface area contributed by atoms with E-state index < -0.39 is 10.4 Å². The lowest BCUT2D eigenvalue weighted by molar-refractivity contribution is 0.381. The summed E-state index contributed by atoms with van der Waals surface area (Å²) < 4.78 is 31.6. The molecule has 0 aliphatic carbocycles. The van der Waals surface area contributed by atoms with Crippen molar-refractivity contribution in [2.24, 2.45) is 4.99 Å². The van der Waals surface area contributed by atoms with Gasteiger partial charge in [-0.15, -0.1) is 0 Å². The van der Waals surface area contributed by atoms with Gasteiger partial charge in [0.05, 0.1) is 5.69 Å². The van der Waals surface area contributed by atoms with Crippen molar-refractivity contribution >= 4 is 22.3 Å². The maximum absolute atomic E-state index is 8.74. The van der Waals surface area contributed by atoms with Gasteiger partial charge in [-0.25, -0.2) is 0 Å². The molecule has 5 nitrogen and oxygen atoms in total. The number of rotatable bonds is 0. The second-order valence-electron chi connectivity index (χ2n) is 2.93. The first-order valence-corrected chi connectivity index (χ1v) is 5.67. The van der Waals surface area contributed by atoms with E-state index in [9.17, 15) is 0 Å². The van der Waals surface area contributed by atoms with E-state index in [1.54, 1.807) is 0 Å². The Morgan fingerprint density at radius 3 is 2.40 bits per heavy atom. The van der Waals surface area contributed by atoms with E-state index in [0.29, 0.717) is 0 Å². The average Bonchev–Trinajstić information content (AvgIpc) is 2.16. The van der Waals surface area contributed by atoms with Crippen LogP contribution in [0, 0.1) is 0 Å².